The van der Waals surface area contributed by atoms with Crippen LogP contribution in [0.3, 0.4) is 0 Å². The van der Waals surface area contributed by atoms with Gasteiger partial charge in [-0.1, -0.05) is 18.2 Å². The van der Waals surface area contributed by atoms with Crippen LogP contribution in [0.1, 0.15) is 24.8 Å². The number of hydrogen-bond acceptors (Lipinski definition) is 4. The molecule has 1 aromatic rings. The second kappa shape index (κ2) is 6.21. The van der Waals surface area contributed by atoms with E-state index in [0.29, 0.717) is 32.2 Å². The summed E-state index contributed by atoms with van der Waals surface area (Å²) in [4.78, 5) is 24.4. The van der Waals surface area contributed by atoms with Crippen molar-refractivity contribution in [1.82, 2.24) is 5.32 Å². The highest BCUT2D eigenvalue weighted by Gasteiger charge is 2.39. The zero-order valence-corrected chi connectivity index (χ0v) is 12.7. The van der Waals surface area contributed by atoms with E-state index in [0.717, 1.165) is 11.3 Å². The minimum absolute atomic E-state index is 0.259. The van der Waals surface area contributed by atoms with Crippen molar-refractivity contribution in [2.24, 2.45) is 16.1 Å². The monoisotopic (exact) mass is 310 g/mol. The van der Waals surface area contributed by atoms with Gasteiger partial charge in [-0.2, -0.15) is 10.2 Å². The van der Waals surface area contributed by atoms with E-state index in [2.05, 4.69) is 26.8 Å². The van der Waals surface area contributed by atoms with Crippen LogP contribution in [0.15, 0.2) is 34.5 Å². The summed E-state index contributed by atoms with van der Waals surface area (Å²) in [6.07, 6.45) is 7.60. The van der Waals surface area contributed by atoms with E-state index >= 15 is 0 Å². The molecule has 23 heavy (non-hydrogen) atoms. The van der Waals surface area contributed by atoms with Crippen LogP contribution in [0, 0.1) is 18.3 Å². The number of rotatable bonds is 6. The molecule has 6 nitrogen and oxygen atoms in total. The van der Waals surface area contributed by atoms with Crippen LogP contribution in [0.4, 0.5) is 5.69 Å². The van der Waals surface area contributed by atoms with Crippen molar-refractivity contribution in [3.8, 4) is 12.3 Å². The second-order valence-corrected chi connectivity index (χ2v) is 5.83. The number of hydrogen-bond donors (Lipinski definition) is 2. The molecule has 0 aliphatic carbocycles. The molecule has 0 fully saturated rings. The molecule has 118 valence electrons. The predicted molar refractivity (Wildman–Crippen MR) is 85.5 cm³/mol. The molecule has 1 atom stereocenters. The van der Waals surface area contributed by atoms with Crippen LogP contribution in [0.25, 0.3) is 0 Å². The summed E-state index contributed by atoms with van der Waals surface area (Å²) < 4.78 is 0. The Balaban J connectivity index is 1.51. The fourth-order valence-electron chi connectivity index (χ4n) is 2.74. The zero-order chi connectivity index (χ0) is 16.3. The Labute approximate surface area is 134 Å². The fraction of sp³-hybridized carbons (Fsp3) is 0.412. The van der Waals surface area contributed by atoms with E-state index in [4.69, 9.17) is 6.42 Å². The first-order chi connectivity index (χ1) is 11.1. The average Bonchev–Trinajstić information content (AvgIpc) is 3.32. The van der Waals surface area contributed by atoms with Gasteiger partial charge in [-0.3, -0.25) is 9.59 Å². The molecule has 0 saturated heterocycles. The van der Waals surface area contributed by atoms with Gasteiger partial charge in [0.25, 0.3) is 0 Å². The molecule has 0 bridgehead atoms. The molecule has 1 aromatic carbocycles. The van der Waals surface area contributed by atoms with Gasteiger partial charge in [-0.15, -0.1) is 12.3 Å². The molecule has 1 unspecified atom stereocenters. The van der Waals surface area contributed by atoms with E-state index in [1.807, 2.05) is 24.3 Å². The van der Waals surface area contributed by atoms with Gasteiger partial charge in [0, 0.05) is 31.5 Å². The Kier molecular flexibility index (Phi) is 4.11. The van der Waals surface area contributed by atoms with Crippen LogP contribution < -0.4 is 10.6 Å². The van der Waals surface area contributed by atoms with Gasteiger partial charge in [0.1, 0.15) is 5.92 Å². The summed E-state index contributed by atoms with van der Waals surface area (Å²) in [6.45, 7) is 0.432. The van der Waals surface area contributed by atoms with Crippen molar-refractivity contribution >= 4 is 17.5 Å². The highest BCUT2D eigenvalue weighted by molar-refractivity contribution is 6.08. The zero-order valence-electron chi connectivity index (χ0n) is 12.7. The molecule has 3 rings (SSSR count). The van der Waals surface area contributed by atoms with Crippen LogP contribution in [0.5, 0.6) is 0 Å². The molecule has 2 heterocycles. The standard InChI is InChI=1S/C17H18N4O2/c1-2-3-8-17(20-21-17)9-10-18-15(22)13-11-12-6-4-5-7-14(12)19-16(13)23/h1,4-7,13H,3,8-11H2,(H,18,22)(H,19,23). The maximum absolute atomic E-state index is 12.3. The van der Waals surface area contributed by atoms with Crippen LogP contribution in [-0.2, 0) is 16.0 Å². The van der Waals surface area contributed by atoms with Crippen molar-refractivity contribution in [3.63, 3.8) is 0 Å². The molecule has 0 spiro atoms. The number of amides is 2. The van der Waals surface area contributed by atoms with Crippen molar-refractivity contribution in [2.75, 3.05) is 11.9 Å². The van der Waals surface area contributed by atoms with Crippen molar-refractivity contribution < 1.29 is 9.59 Å². The third-order valence-electron chi connectivity index (χ3n) is 4.21. The van der Waals surface area contributed by atoms with E-state index in [1.165, 1.54) is 0 Å². The Hall–Kier alpha value is -2.68. The van der Waals surface area contributed by atoms with Gasteiger partial charge in [-0.25, -0.2) is 0 Å². The first-order valence-electron chi connectivity index (χ1n) is 7.67. The minimum Gasteiger partial charge on any atom is -0.355 e. The quantitative estimate of drug-likeness (QED) is 0.621. The maximum atomic E-state index is 12.3. The number of anilines is 1. The van der Waals surface area contributed by atoms with Gasteiger partial charge in [0.2, 0.25) is 11.8 Å². The SMILES string of the molecule is C#CCCC1(CCNC(=O)C2Cc3ccccc3NC2=O)N=N1. The Morgan fingerprint density at radius 1 is 1.39 bits per heavy atom. The fourth-order valence-corrected chi connectivity index (χ4v) is 2.74. The summed E-state index contributed by atoms with van der Waals surface area (Å²) in [7, 11) is 0. The summed E-state index contributed by atoms with van der Waals surface area (Å²) in [5.41, 5.74) is 1.34. The first kappa shape index (κ1) is 15.2. The van der Waals surface area contributed by atoms with E-state index in [1.54, 1.807) is 0 Å². The lowest BCUT2D eigenvalue weighted by Gasteiger charge is -2.24. The number of carbonyl (C=O) groups excluding carboxylic acids is 2. The molecule has 2 amide bonds. The molecular weight excluding hydrogens is 292 g/mol. The number of benzene rings is 1. The number of terminal acetylenes is 1. The smallest absolute Gasteiger partial charge is 0.237 e. The van der Waals surface area contributed by atoms with Crippen molar-refractivity contribution in [2.45, 2.75) is 31.3 Å². The van der Waals surface area contributed by atoms with Crippen molar-refractivity contribution in [3.05, 3.63) is 29.8 Å². The molecular formula is C17H18N4O2. The number of fused-ring (bicyclic) bond motifs is 1. The van der Waals surface area contributed by atoms with E-state index < -0.39 is 11.6 Å². The lowest BCUT2D eigenvalue weighted by atomic mass is 9.92. The Morgan fingerprint density at radius 3 is 2.91 bits per heavy atom. The van der Waals surface area contributed by atoms with Crippen LogP contribution in [-0.4, -0.2) is 24.0 Å². The number of para-hydroxylation sites is 1. The maximum Gasteiger partial charge on any atom is 0.237 e. The van der Waals surface area contributed by atoms with Crippen molar-refractivity contribution in [1.29, 1.82) is 0 Å². The van der Waals surface area contributed by atoms with Gasteiger partial charge >= 0.3 is 0 Å². The van der Waals surface area contributed by atoms with Gasteiger partial charge in [0.05, 0.1) is 0 Å². The number of nitrogens with one attached hydrogen (secondary N) is 2. The average molecular weight is 310 g/mol. The van der Waals surface area contributed by atoms with Gasteiger partial charge in [0.15, 0.2) is 5.66 Å². The molecule has 2 N–H and O–H groups in total. The molecule has 0 aromatic heterocycles. The third kappa shape index (κ3) is 3.39. The largest absolute Gasteiger partial charge is 0.355 e. The number of carbonyl (C=O) groups is 2. The summed E-state index contributed by atoms with van der Waals surface area (Å²) in [6, 6.07) is 7.52. The molecule has 6 heteroatoms. The highest BCUT2D eigenvalue weighted by Crippen LogP contribution is 2.36. The lowest BCUT2D eigenvalue weighted by molar-refractivity contribution is -0.132. The Bertz CT molecular complexity index is 699. The van der Waals surface area contributed by atoms with Crippen LogP contribution in [0.2, 0.25) is 0 Å². The Morgan fingerprint density at radius 2 is 2.17 bits per heavy atom. The summed E-state index contributed by atoms with van der Waals surface area (Å²) >= 11 is 0. The first-order valence-corrected chi connectivity index (χ1v) is 7.67. The molecule has 2 aliphatic rings. The lowest BCUT2D eigenvalue weighted by Crippen LogP contribution is -2.42. The van der Waals surface area contributed by atoms with E-state index in [9.17, 15) is 9.59 Å². The van der Waals surface area contributed by atoms with Gasteiger partial charge in [-0.05, 0) is 18.1 Å². The number of nitrogens with zero attached hydrogens (tertiary/aromatic N) is 2. The molecule has 0 radical (unpaired) electrons. The summed E-state index contributed by atoms with van der Waals surface area (Å²) in [5.74, 6) is 1.36. The topological polar surface area (TPSA) is 82.9 Å². The molecule has 0 saturated carbocycles. The predicted octanol–water partition coefficient (Wildman–Crippen LogP) is 1.88. The third-order valence-corrected chi connectivity index (χ3v) is 4.21. The minimum atomic E-state index is -0.695. The van der Waals surface area contributed by atoms with E-state index in [-0.39, 0.29) is 11.8 Å². The normalized spacial score (nSPS) is 20.1. The molecule has 2 aliphatic heterocycles. The second-order valence-electron chi connectivity index (χ2n) is 5.83. The van der Waals surface area contributed by atoms with Gasteiger partial charge < -0.3 is 10.6 Å². The summed E-state index contributed by atoms with van der Waals surface area (Å²) in [5, 5.41) is 13.6. The van der Waals surface area contributed by atoms with Crippen LogP contribution >= 0.6 is 0 Å². The highest BCUT2D eigenvalue weighted by atomic mass is 16.2.